The zero-order valence-electron chi connectivity index (χ0n) is 13.0. The number of ether oxygens (including phenoxy) is 1. The third kappa shape index (κ3) is 2.61. The number of fused-ring (bicyclic) bond motifs is 1. The summed E-state index contributed by atoms with van der Waals surface area (Å²) < 4.78 is 5.14. The summed E-state index contributed by atoms with van der Waals surface area (Å²) in [6.07, 6.45) is 6.80. The van der Waals surface area contributed by atoms with Crippen molar-refractivity contribution >= 4 is 22.8 Å². The molecule has 1 aliphatic rings. The van der Waals surface area contributed by atoms with Crippen LogP contribution in [0.4, 0.5) is 5.82 Å². The van der Waals surface area contributed by atoms with Gasteiger partial charge in [-0.25, -0.2) is 14.8 Å². The first-order valence-corrected chi connectivity index (χ1v) is 7.75. The number of aromatic nitrogens is 3. The fourth-order valence-electron chi connectivity index (χ4n) is 2.90. The highest BCUT2D eigenvalue weighted by Gasteiger charge is 2.23. The van der Waals surface area contributed by atoms with Crippen molar-refractivity contribution in [2.45, 2.75) is 33.1 Å². The Morgan fingerprint density at radius 2 is 1.86 bits per heavy atom. The van der Waals surface area contributed by atoms with Crippen LogP contribution in [0, 0.1) is 6.92 Å². The number of esters is 1. The van der Waals surface area contributed by atoms with E-state index in [4.69, 9.17) is 4.74 Å². The van der Waals surface area contributed by atoms with Crippen LogP contribution in [0.5, 0.6) is 0 Å². The van der Waals surface area contributed by atoms with Gasteiger partial charge in [0.2, 0.25) is 0 Å². The van der Waals surface area contributed by atoms with Crippen molar-refractivity contribution in [3.8, 4) is 0 Å². The SMILES string of the molecule is CCOC(=O)c1c(C)nc(N2CCCCC2)c2nccnc12. The van der Waals surface area contributed by atoms with E-state index >= 15 is 0 Å². The number of carbonyl (C=O) groups is 1. The quantitative estimate of drug-likeness (QED) is 0.811. The summed E-state index contributed by atoms with van der Waals surface area (Å²) in [5, 5.41) is 0. The number of nitrogens with zero attached hydrogens (tertiary/aromatic N) is 4. The lowest BCUT2D eigenvalue weighted by Crippen LogP contribution is -2.31. The first kappa shape index (κ1) is 14.7. The van der Waals surface area contributed by atoms with Crippen LogP contribution in [0.1, 0.15) is 42.2 Å². The first-order valence-electron chi connectivity index (χ1n) is 7.75. The van der Waals surface area contributed by atoms with Crippen LogP contribution in [-0.4, -0.2) is 40.6 Å². The number of hydrogen-bond donors (Lipinski definition) is 0. The lowest BCUT2D eigenvalue weighted by molar-refractivity contribution is 0.0527. The summed E-state index contributed by atoms with van der Waals surface area (Å²) in [5.41, 5.74) is 2.32. The molecular formula is C16H20N4O2. The molecule has 2 aromatic rings. The molecule has 116 valence electrons. The maximum Gasteiger partial charge on any atom is 0.342 e. The van der Waals surface area contributed by atoms with E-state index < -0.39 is 0 Å². The molecule has 3 heterocycles. The van der Waals surface area contributed by atoms with Crippen LogP contribution in [0.15, 0.2) is 12.4 Å². The smallest absolute Gasteiger partial charge is 0.342 e. The summed E-state index contributed by atoms with van der Waals surface area (Å²) in [6.45, 7) is 5.88. The van der Waals surface area contributed by atoms with E-state index in [1.54, 1.807) is 19.3 Å². The Balaban J connectivity index is 2.16. The standard InChI is InChI=1S/C16H20N4O2/c1-3-22-16(21)12-11(2)19-15(20-9-5-4-6-10-20)14-13(12)17-7-8-18-14/h7-8H,3-6,9-10H2,1-2H3. The van der Waals surface area contributed by atoms with E-state index in [0.717, 1.165) is 31.7 Å². The molecule has 0 saturated carbocycles. The molecule has 0 N–H and O–H groups in total. The highest BCUT2D eigenvalue weighted by Crippen LogP contribution is 2.28. The highest BCUT2D eigenvalue weighted by atomic mass is 16.5. The Bertz CT molecular complexity index is 696. The van der Waals surface area contributed by atoms with Crippen molar-refractivity contribution in [2.24, 2.45) is 0 Å². The van der Waals surface area contributed by atoms with Crippen LogP contribution >= 0.6 is 0 Å². The van der Waals surface area contributed by atoms with Gasteiger partial charge in [-0.1, -0.05) is 0 Å². The van der Waals surface area contributed by atoms with Crippen LogP contribution in [0.3, 0.4) is 0 Å². The number of anilines is 1. The molecule has 0 bridgehead atoms. The van der Waals surface area contributed by atoms with E-state index in [9.17, 15) is 4.79 Å². The molecule has 0 aliphatic carbocycles. The van der Waals surface area contributed by atoms with E-state index in [0.29, 0.717) is 28.9 Å². The van der Waals surface area contributed by atoms with Crippen molar-refractivity contribution in [3.63, 3.8) is 0 Å². The van der Waals surface area contributed by atoms with Gasteiger partial charge in [0, 0.05) is 25.5 Å². The normalized spacial score (nSPS) is 15.1. The lowest BCUT2D eigenvalue weighted by atomic mass is 10.1. The molecular weight excluding hydrogens is 280 g/mol. The van der Waals surface area contributed by atoms with Gasteiger partial charge in [0.25, 0.3) is 0 Å². The Kier molecular flexibility index (Phi) is 4.18. The molecule has 0 unspecified atom stereocenters. The van der Waals surface area contributed by atoms with Crippen LogP contribution in [0.2, 0.25) is 0 Å². The van der Waals surface area contributed by atoms with Gasteiger partial charge in [-0.15, -0.1) is 0 Å². The predicted molar refractivity (Wildman–Crippen MR) is 84.1 cm³/mol. The first-order chi connectivity index (χ1) is 10.7. The molecule has 0 atom stereocenters. The van der Waals surface area contributed by atoms with Gasteiger partial charge in [0.1, 0.15) is 16.6 Å². The maximum absolute atomic E-state index is 12.2. The van der Waals surface area contributed by atoms with Crippen molar-refractivity contribution in [2.75, 3.05) is 24.6 Å². The molecule has 1 saturated heterocycles. The van der Waals surface area contributed by atoms with Crippen molar-refractivity contribution < 1.29 is 9.53 Å². The van der Waals surface area contributed by atoms with Crippen LogP contribution in [-0.2, 0) is 4.74 Å². The van der Waals surface area contributed by atoms with E-state index in [1.807, 2.05) is 6.92 Å². The second-order valence-electron chi connectivity index (χ2n) is 5.42. The second kappa shape index (κ2) is 6.25. The van der Waals surface area contributed by atoms with E-state index in [-0.39, 0.29) is 5.97 Å². The Labute approximate surface area is 129 Å². The predicted octanol–water partition coefficient (Wildman–Crippen LogP) is 2.50. The Morgan fingerprint density at radius 3 is 2.55 bits per heavy atom. The summed E-state index contributed by atoms with van der Waals surface area (Å²) in [5.74, 6) is 0.441. The fourth-order valence-corrected chi connectivity index (χ4v) is 2.90. The van der Waals surface area contributed by atoms with Crippen LogP contribution in [0.25, 0.3) is 11.0 Å². The van der Waals surface area contributed by atoms with E-state index in [2.05, 4.69) is 19.9 Å². The minimum atomic E-state index is -0.386. The molecule has 6 heteroatoms. The minimum Gasteiger partial charge on any atom is -0.462 e. The molecule has 1 fully saturated rings. The van der Waals surface area contributed by atoms with E-state index in [1.165, 1.54) is 6.42 Å². The second-order valence-corrected chi connectivity index (χ2v) is 5.42. The van der Waals surface area contributed by atoms with Gasteiger partial charge in [0.15, 0.2) is 5.82 Å². The monoisotopic (exact) mass is 300 g/mol. The highest BCUT2D eigenvalue weighted by molar-refractivity contribution is 6.05. The summed E-state index contributed by atoms with van der Waals surface area (Å²) in [6, 6.07) is 0. The molecule has 0 spiro atoms. The summed E-state index contributed by atoms with van der Waals surface area (Å²) >= 11 is 0. The largest absolute Gasteiger partial charge is 0.462 e. The number of carbonyl (C=O) groups excluding carboxylic acids is 1. The molecule has 2 aromatic heterocycles. The van der Waals surface area contributed by atoms with Crippen molar-refractivity contribution in [3.05, 3.63) is 23.7 Å². The Hall–Kier alpha value is -2.24. The summed E-state index contributed by atoms with van der Waals surface area (Å²) in [4.78, 5) is 27.9. The molecule has 3 rings (SSSR count). The van der Waals surface area contributed by atoms with Gasteiger partial charge in [-0.3, -0.25) is 4.98 Å². The maximum atomic E-state index is 12.2. The summed E-state index contributed by atoms with van der Waals surface area (Å²) in [7, 11) is 0. The number of rotatable bonds is 3. The van der Waals surface area contributed by atoms with Crippen molar-refractivity contribution in [1.82, 2.24) is 15.0 Å². The minimum absolute atomic E-state index is 0.327. The Morgan fingerprint density at radius 1 is 1.18 bits per heavy atom. The third-order valence-electron chi connectivity index (χ3n) is 3.92. The van der Waals surface area contributed by atoms with Gasteiger partial charge in [0.05, 0.1) is 12.3 Å². The average molecular weight is 300 g/mol. The third-order valence-corrected chi connectivity index (χ3v) is 3.92. The van der Waals surface area contributed by atoms with Gasteiger partial charge < -0.3 is 9.64 Å². The number of pyridine rings is 1. The topological polar surface area (TPSA) is 68.2 Å². The van der Waals surface area contributed by atoms with Gasteiger partial charge in [-0.05, 0) is 33.1 Å². The van der Waals surface area contributed by atoms with Gasteiger partial charge in [-0.2, -0.15) is 0 Å². The molecule has 0 radical (unpaired) electrons. The zero-order valence-corrected chi connectivity index (χ0v) is 13.0. The molecule has 0 aromatic carbocycles. The molecule has 6 nitrogen and oxygen atoms in total. The molecule has 1 aliphatic heterocycles. The molecule has 22 heavy (non-hydrogen) atoms. The van der Waals surface area contributed by atoms with Gasteiger partial charge >= 0.3 is 5.97 Å². The molecule has 0 amide bonds. The lowest BCUT2D eigenvalue weighted by Gasteiger charge is -2.28. The number of aryl methyl sites for hydroxylation is 1. The average Bonchev–Trinajstić information content (AvgIpc) is 2.55. The fraction of sp³-hybridized carbons (Fsp3) is 0.500. The number of hydrogen-bond acceptors (Lipinski definition) is 6. The zero-order chi connectivity index (χ0) is 15.5. The van der Waals surface area contributed by atoms with Crippen LogP contribution < -0.4 is 4.90 Å². The number of piperidine rings is 1. The van der Waals surface area contributed by atoms with Crippen molar-refractivity contribution in [1.29, 1.82) is 0 Å².